The molecule has 9 nitrogen and oxygen atoms in total. The monoisotopic (exact) mass is 1040 g/mol. The summed E-state index contributed by atoms with van der Waals surface area (Å²) in [7, 11) is 0. The highest BCUT2D eigenvalue weighted by molar-refractivity contribution is 8.03. The van der Waals surface area contributed by atoms with Gasteiger partial charge >= 0.3 is 0 Å². The Labute approximate surface area is 392 Å². The molecule has 320 valence electrons. The number of nitrogens with two attached hydrogens (primary N) is 3. The van der Waals surface area contributed by atoms with Crippen LogP contribution in [0.25, 0.3) is 0 Å². The van der Waals surface area contributed by atoms with Crippen LogP contribution >= 0.6 is 152 Å². The van der Waals surface area contributed by atoms with Crippen LogP contribution in [-0.4, -0.2) is 49.5 Å². The van der Waals surface area contributed by atoms with E-state index in [1.807, 2.05) is 24.3 Å². The van der Waals surface area contributed by atoms with Gasteiger partial charge < -0.3 is 0 Å². The normalized spacial score (nSPS) is 18.6. The van der Waals surface area contributed by atoms with Crippen LogP contribution < -0.4 is 15.4 Å². The first kappa shape index (κ1) is 60.9. The lowest BCUT2D eigenvalue weighted by molar-refractivity contribution is -0.130. The zero-order valence-corrected chi connectivity index (χ0v) is 41.0. The summed E-state index contributed by atoms with van der Waals surface area (Å²) in [5, 5.41) is 14.6. The van der Waals surface area contributed by atoms with Crippen LogP contribution in [0, 0.1) is 23.7 Å². The van der Waals surface area contributed by atoms with Crippen LogP contribution in [0.2, 0.25) is 0 Å². The molecule has 22 heteroatoms. The number of allylic oxidation sites excluding steroid dienone is 4. The highest BCUT2D eigenvalue weighted by Crippen LogP contribution is 2.39. The molecule has 4 atom stereocenters. The van der Waals surface area contributed by atoms with Gasteiger partial charge in [0.2, 0.25) is 3.67 Å². The van der Waals surface area contributed by atoms with Gasteiger partial charge in [-0.3, -0.25) is 44.2 Å². The number of carbonyl (C=O) groups excluding carboxylic acids is 6. The predicted molar refractivity (Wildman–Crippen MR) is 246 cm³/mol. The second-order valence-corrected chi connectivity index (χ2v) is 22.9. The number of rotatable bonds is 8. The van der Waals surface area contributed by atoms with Gasteiger partial charge in [0.15, 0.2) is 16.4 Å². The fourth-order valence-corrected chi connectivity index (χ4v) is 4.99. The van der Waals surface area contributed by atoms with Crippen molar-refractivity contribution < 1.29 is 28.8 Å². The number of ketones is 6. The fraction of sp³-hybridized carbons (Fsp3) is 0.529. The average Bonchev–Trinajstić information content (AvgIpc) is 3.12. The Morgan fingerprint density at radius 3 is 0.839 bits per heavy atom. The van der Waals surface area contributed by atoms with E-state index in [1.165, 1.54) is 13.8 Å². The number of hydrogen-bond donors (Lipinski definition) is 3. The zero-order valence-electron chi connectivity index (χ0n) is 31.0. The minimum atomic E-state index is -1.35. The molecule has 0 spiro atoms. The van der Waals surface area contributed by atoms with Gasteiger partial charge in [0.05, 0.1) is 0 Å². The molecular formula is C34H45Cl10N3O6S3. The topological polar surface area (TPSA) is 180 Å². The lowest BCUT2D eigenvalue weighted by Crippen LogP contribution is -2.28. The molecule has 2 aliphatic carbocycles. The Hall–Kier alpha value is 0.550. The molecule has 0 bridgehead atoms. The summed E-state index contributed by atoms with van der Waals surface area (Å²) in [6.07, 6.45) is 10.9. The van der Waals surface area contributed by atoms with Gasteiger partial charge in [0, 0.05) is 34.8 Å². The van der Waals surface area contributed by atoms with Crippen LogP contribution in [0.3, 0.4) is 0 Å². The molecule has 56 heavy (non-hydrogen) atoms. The summed E-state index contributed by atoms with van der Waals surface area (Å²) in [6.45, 7) is 9.20. The SMILES string of the molecule is CC(=O)C1CC=CCC1C(C)=O.CC(=O)C1CC=CCC1C(C)=O.CC(=O)c1ccccc1C(C)=O.NSC(Cl)(Cl)C(Cl)Cl.NSC(Cl)(Cl)Cl.NSC(Cl)(Cl)Cl. The number of benzene rings is 1. The van der Waals surface area contributed by atoms with E-state index in [0.29, 0.717) is 47.0 Å². The molecule has 0 aliphatic heterocycles. The van der Waals surface area contributed by atoms with Gasteiger partial charge in [0.1, 0.15) is 23.1 Å². The summed E-state index contributed by atoms with van der Waals surface area (Å²) in [6, 6.07) is 6.84. The highest BCUT2D eigenvalue weighted by atomic mass is 35.6. The standard InChI is InChI=1S/2C10H14O2.C10H10O2.C2H3Cl4NS.2CH2Cl3NS/c3*1-7(11)9-5-3-4-6-10(9)8(2)12;3-1(4)2(5,6)8-7;2*2-1(3,4)6-5/h2*3-4,9-10H,5-6H2,1-2H3;3-6H,1-2H3;1H,7H2;2*5H2. The first-order chi connectivity index (χ1) is 25.5. The van der Waals surface area contributed by atoms with Crippen molar-refractivity contribution in [1.82, 2.24) is 0 Å². The number of Topliss-reactive ketones (excluding diaryl/α,β-unsaturated/α-hetero) is 6. The third kappa shape index (κ3) is 29.7. The summed E-state index contributed by atoms with van der Waals surface area (Å²) in [5.41, 5.74) is 1.01. The van der Waals surface area contributed by atoms with Gasteiger partial charge in [-0.2, -0.15) is 0 Å². The van der Waals surface area contributed by atoms with E-state index in [0.717, 1.165) is 25.7 Å². The highest BCUT2D eigenvalue weighted by Gasteiger charge is 2.32. The smallest absolute Gasteiger partial charge is 0.250 e. The van der Waals surface area contributed by atoms with Crippen molar-refractivity contribution in [1.29, 1.82) is 0 Å². The molecule has 6 N–H and O–H groups in total. The van der Waals surface area contributed by atoms with Crippen molar-refractivity contribution in [2.45, 2.75) is 82.0 Å². The van der Waals surface area contributed by atoms with Gasteiger partial charge in [0.25, 0.3) is 6.25 Å². The second-order valence-electron chi connectivity index (χ2n) is 11.5. The Morgan fingerprint density at radius 2 is 0.732 bits per heavy atom. The Bertz CT molecular complexity index is 1330. The van der Waals surface area contributed by atoms with Crippen LogP contribution in [0.5, 0.6) is 0 Å². The number of carbonyl (C=O) groups is 6. The van der Waals surface area contributed by atoms with Gasteiger partial charge in [-0.25, -0.2) is 0 Å². The van der Waals surface area contributed by atoms with Crippen LogP contribution in [-0.2, 0) is 19.2 Å². The van der Waals surface area contributed by atoms with Crippen LogP contribution in [0.1, 0.15) is 87.9 Å². The molecule has 0 saturated heterocycles. The van der Waals surface area contributed by atoms with E-state index in [1.54, 1.807) is 52.0 Å². The largest absolute Gasteiger partial charge is 0.300 e. The number of hydrogen-bond acceptors (Lipinski definition) is 12. The number of halogens is 10. The first-order valence-corrected chi connectivity index (χ1v) is 22.4. The third-order valence-electron chi connectivity index (χ3n) is 7.32. The lowest BCUT2D eigenvalue weighted by atomic mass is 9.79. The van der Waals surface area contributed by atoms with Crippen molar-refractivity contribution in [2.24, 2.45) is 39.1 Å². The van der Waals surface area contributed by atoms with Gasteiger partial charge in [-0.1, -0.05) is 141 Å². The average molecular weight is 1040 g/mol. The Kier molecular flexibility index (Phi) is 34.1. The molecule has 0 amide bonds. The van der Waals surface area contributed by atoms with E-state index in [9.17, 15) is 28.8 Å². The molecule has 4 unspecified atom stereocenters. The predicted octanol–water partition coefficient (Wildman–Crippen LogP) is 12.0. The van der Waals surface area contributed by atoms with Crippen LogP contribution in [0.4, 0.5) is 0 Å². The second kappa shape index (κ2) is 31.4. The minimum Gasteiger partial charge on any atom is -0.300 e. The van der Waals surface area contributed by atoms with E-state index in [4.69, 9.17) is 131 Å². The van der Waals surface area contributed by atoms with Crippen molar-refractivity contribution in [2.75, 3.05) is 0 Å². The van der Waals surface area contributed by atoms with Crippen molar-refractivity contribution in [3.8, 4) is 0 Å². The molecule has 0 radical (unpaired) electrons. The number of alkyl halides is 10. The Balaban J connectivity index is -0.000000617. The maximum atomic E-state index is 11.1. The Morgan fingerprint density at radius 1 is 0.518 bits per heavy atom. The summed E-state index contributed by atoms with van der Waals surface area (Å²) in [4.78, 5) is 65.7. The van der Waals surface area contributed by atoms with Crippen molar-refractivity contribution in [3.05, 3.63) is 59.7 Å². The molecule has 0 aromatic heterocycles. The van der Waals surface area contributed by atoms with Crippen molar-refractivity contribution >= 4 is 187 Å². The van der Waals surface area contributed by atoms with E-state index >= 15 is 0 Å². The molecule has 2 aliphatic rings. The van der Waals surface area contributed by atoms with Gasteiger partial charge in [-0.15, -0.1) is 23.2 Å². The van der Waals surface area contributed by atoms with E-state index in [-0.39, 0.29) is 58.4 Å². The van der Waals surface area contributed by atoms with E-state index in [2.05, 4.69) is 0 Å². The minimum absolute atomic E-state index is 0.0625. The molecule has 0 heterocycles. The molecule has 0 saturated carbocycles. The van der Waals surface area contributed by atoms with Crippen molar-refractivity contribution in [3.63, 3.8) is 0 Å². The quantitative estimate of drug-likeness (QED) is 0.0972. The van der Waals surface area contributed by atoms with Crippen LogP contribution in [0.15, 0.2) is 48.6 Å². The molecule has 0 fully saturated rings. The molecular weight excluding hydrogens is 997 g/mol. The molecule has 3 rings (SSSR count). The third-order valence-corrected chi connectivity index (χ3v) is 12.3. The maximum absolute atomic E-state index is 11.1. The lowest BCUT2D eigenvalue weighted by Gasteiger charge is -2.23. The fourth-order valence-electron chi connectivity index (χ4n) is 4.57. The summed E-state index contributed by atoms with van der Waals surface area (Å²) in [5.74, 6) is 0.166. The summed E-state index contributed by atoms with van der Waals surface area (Å²) >= 11 is 53.9. The van der Waals surface area contributed by atoms with Gasteiger partial charge in [-0.05, 0) is 103 Å². The summed E-state index contributed by atoms with van der Waals surface area (Å²) < 4.78 is -3.98. The maximum Gasteiger partial charge on any atom is 0.250 e. The molecule has 1 aromatic carbocycles. The zero-order chi connectivity index (χ0) is 44.6. The molecule has 1 aromatic rings. The first-order valence-electron chi connectivity index (χ1n) is 15.9. The van der Waals surface area contributed by atoms with E-state index < -0.39 is 14.8 Å².